The minimum absolute atomic E-state index is 0.0159. The Morgan fingerprint density at radius 3 is 2.71 bits per heavy atom. The number of benzene rings is 3. The molecule has 0 radical (unpaired) electrons. The first-order valence-corrected chi connectivity index (χ1v) is 19.9. The number of ether oxygens (including phenoxy) is 2. The maximum absolute atomic E-state index is 14.5. The second-order valence-electron chi connectivity index (χ2n) is 13.9. The third kappa shape index (κ3) is 7.73. The maximum Gasteiger partial charge on any atom is 0.286 e. The number of carbonyl (C=O) groups excluding carboxylic acids is 2. The molecule has 1 N–H and O–H groups in total. The van der Waals surface area contributed by atoms with Gasteiger partial charge in [-0.25, -0.2) is 4.21 Å². The number of methoxy groups -OCH3 is 1. The molecule has 1 fully saturated rings. The molecule has 3 aliphatic rings. The third-order valence-electron chi connectivity index (χ3n) is 10.6. The van der Waals surface area contributed by atoms with E-state index >= 15 is 0 Å². The molecule has 11 heteroatoms. The molecule has 1 saturated carbocycles. The number of halogens is 1. The number of carbonyl (C=O) groups is 2. The van der Waals surface area contributed by atoms with Gasteiger partial charge in [0.1, 0.15) is 21.4 Å². The molecular weight excluding hydrogens is 684 g/mol. The van der Waals surface area contributed by atoms with Crippen molar-refractivity contribution in [3.63, 3.8) is 0 Å². The van der Waals surface area contributed by atoms with Crippen LogP contribution in [-0.4, -0.2) is 52.7 Å². The van der Waals surface area contributed by atoms with E-state index in [0.717, 1.165) is 55.2 Å². The summed E-state index contributed by atoms with van der Waals surface area (Å²) in [5.74, 6) is 0.209. The van der Waals surface area contributed by atoms with E-state index in [1.165, 1.54) is 11.1 Å². The zero-order valence-electron chi connectivity index (χ0n) is 29.2. The van der Waals surface area contributed by atoms with Crippen LogP contribution in [0.15, 0.2) is 83.2 Å². The molecule has 4 aromatic rings. The highest BCUT2D eigenvalue weighted by Crippen LogP contribution is 2.42. The van der Waals surface area contributed by atoms with Gasteiger partial charge in [-0.2, -0.15) is 0 Å². The first-order valence-electron chi connectivity index (χ1n) is 17.9. The number of nitrogens with one attached hydrogen (secondary N) is 1. The predicted octanol–water partition coefficient (Wildman–Crippen LogP) is 7.90. The molecule has 51 heavy (non-hydrogen) atoms. The van der Waals surface area contributed by atoms with Crippen LogP contribution >= 0.6 is 11.6 Å². The van der Waals surface area contributed by atoms with Gasteiger partial charge in [0, 0.05) is 48.7 Å². The summed E-state index contributed by atoms with van der Waals surface area (Å²) >= 11 is 6.47. The van der Waals surface area contributed by atoms with Crippen molar-refractivity contribution < 1.29 is 23.3 Å². The molecule has 9 nitrogen and oxygen atoms in total. The van der Waals surface area contributed by atoms with Crippen LogP contribution in [0.25, 0.3) is 10.9 Å². The number of hydrogen-bond donors (Lipinski definition) is 1. The van der Waals surface area contributed by atoms with E-state index in [0.29, 0.717) is 54.3 Å². The van der Waals surface area contributed by atoms with Gasteiger partial charge in [0.05, 0.1) is 24.2 Å². The smallest absolute Gasteiger partial charge is 0.286 e. The maximum atomic E-state index is 14.5. The number of anilines is 1. The summed E-state index contributed by atoms with van der Waals surface area (Å²) in [4.78, 5) is 30.0. The fourth-order valence-corrected chi connectivity index (χ4v) is 9.38. The number of aromatic nitrogens is 1. The first-order chi connectivity index (χ1) is 24.7. The Hall–Kier alpha value is -4.12. The number of aryl methyl sites for hydroxylation is 2. The van der Waals surface area contributed by atoms with Crippen molar-refractivity contribution in [1.82, 2.24) is 9.29 Å². The van der Waals surface area contributed by atoms with E-state index in [2.05, 4.69) is 38.3 Å². The Balaban J connectivity index is 1.30. The Morgan fingerprint density at radius 2 is 1.90 bits per heavy atom. The van der Waals surface area contributed by atoms with Crippen LogP contribution in [0.5, 0.6) is 5.75 Å². The quantitative estimate of drug-likeness (QED) is 0.215. The van der Waals surface area contributed by atoms with Crippen molar-refractivity contribution in [3.8, 4) is 5.75 Å². The summed E-state index contributed by atoms with van der Waals surface area (Å²) in [6.07, 6.45) is 10.0. The molecule has 2 amide bonds. The van der Waals surface area contributed by atoms with Crippen LogP contribution in [-0.2, 0) is 34.7 Å². The number of hydrogen-bond acceptors (Lipinski definition) is 6. The summed E-state index contributed by atoms with van der Waals surface area (Å²) < 4.78 is 35.6. The molecule has 0 saturated heterocycles. The van der Waals surface area contributed by atoms with Crippen molar-refractivity contribution in [2.45, 2.75) is 57.6 Å². The molecular formula is C40H45ClN4O5S. The average molecular weight is 729 g/mol. The summed E-state index contributed by atoms with van der Waals surface area (Å²) in [5, 5.41) is 1.60. The molecule has 0 spiro atoms. The van der Waals surface area contributed by atoms with E-state index in [1.54, 1.807) is 30.9 Å². The minimum atomic E-state index is -3.51. The molecule has 3 aromatic carbocycles. The van der Waals surface area contributed by atoms with E-state index < -0.39 is 21.7 Å². The molecule has 7 rings (SSSR count). The topological polar surface area (TPSA) is 102 Å². The third-order valence-corrected chi connectivity index (χ3v) is 12.6. The van der Waals surface area contributed by atoms with Crippen LogP contribution in [0.4, 0.5) is 5.69 Å². The van der Waals surface area contributed by atoms with Gasteiger partial charge < -0.3 is 18.9 Å². The largest absolute Gasteiger partial charge is 0.491 e. The zero-order valence-corrected chi connectivity index (χ0v) is 30.8. The lowest BCUT2D eigenvalue weighted by atomic mass is 9.70. The molecule has 1 unspecified atom stereocenters. The Morgan fingerprint density at radius 1 is 1.04 bits per heavy atom. The average Bonchev–Trinajstić information content (AvgIpc) is 3.43. The lowest BCUT2D eigenvalue weighted by Gasteiger charge is -2.43. The Kier molecular flexibility index (Phi) is 10.5. The number of allylic oxidation sites excluding steroid dienone is 1. The lowest BCUT2D eigenvalue weighted by Crippen LogP contribution is -2.43. The minimum Gasteiger partial charge on any atom is -0.491 e. The second kappa shape index (κ2) is 15.2. The summed E-state index contributed by atoms with van der Waals surface area (Å²) in [6, 6.07) is 20.8. The van der Waals surface area contributed by atoms with Crippen molar-refractivity contribution in [3.05, 3.63) is 106 Å². The SMILES string of the molecule is CO[C@H]1/C=C/CCCS(=O)(NC(=O)c2cc3ccccc3n2C)=NC(=O)c2ccc3c(c2)N(Cc2ccc(Cl)cc2CCCCO3)C[C@@H]2CC[C@H]21. The number of para-hydroxylation sites is 1. The van der Waals surface area contributed by atoms with Gasteiger partial charge in [-0.3, -0.25) is 14.3 Å². The summed E-state index contributed by atoms with van der Waals surface area (Å²) in [7, 11) is 0.0353. The number of rotatable bonds is 3. The highest BCUT2D eigenvalue weighted by Gasteiger charge is 2.38. The van der Waals surface area contributed by atoms with Gasteiger partial charge in [0.2, 0.25) is 0 Å². The molecule has 2 aliphatic heterocycles. The molecule has 268 valence electrons. The van der Waals surface area contributed by atoms with Crippen LogP contribution in [0.3, 0.4) is 0 Å². The van der Waals surface area contributed by atoms with Crippen LogP contribution in [0, 0.1) is 11.8 Å². The summed E-state index contributed by atoms with van der Waals surface area (Å²) in [5.41, 5.74) is 4.67. The zero-order chi connectivity index (χ0) is 35.5. The molecule has 1 aliphatic carbocycles. The van der Waals surface area contributed by atoms with E-state index in [1.807, 2.05) is 42.5 Å². The lowest BCUT2D eigenvalue weighted by molar-refractivity contribution is 0.0134. The van der Waals surface area contributed by atoms with Gasteiger partial charge in [-0.1, -0.05) is 48.0 Å². The molecule has 4 atom stereocenters. The van der Waals surface area contributed by atoms with Gasteiger partial charge in [-0.15, -0.1) is 4.36 Å². The second-order valence-corrected chi connectivity index (χ2v) is 16.4. The first kappa shape index (κ1) is 35.3. The molecule has 3 heterocycles. The van der Waals surface area contributed by atoms with E-state index in [9.17, 15) is 13.8 Å². The highest BCUT2D eigenvalue weighted by atomic mass is 35.5. The molecule has 2 bridgehead atoms. The Bertz CT molecular complexity index is 2100. The summed E-state index contributed by atoms with van der Waals surface area (Å²) in [6.45, 7) is 1.88. The number of fused-ring (bicyclic) bond motifs is 4. The normalized spacial score (nSPS) is 24.9. The highest BCUT2D eigenvalue weighted by molar-refractivity contribution is 7.92. The van der Waals surface area contributed by atoms with Crippen molar-refractivity contribution >= 4 is 49.9 Å². The Labute approximate surface area is 305 Å². The monoisotopic (exact) mass is 728 g/mol. The van der Waals surface area contributed by atoms with Crippen molar-refractivity contribution in [2.75, 3.05) is 30.9 Å². The fourth-order valence-electron chi connectivity index (χ4n) is 7.62. The van der Waals surface area contributed by atoms with Gasteiger partial charge in [0.15, 0.2) is 0 Å². The van der Waals surface area contributed by atoms with E-state index in [4.69, 9.17) is 21.1 Å². The molecule has 1 aromatic heterocycles. The van der Waals surface area contributed by atoms with Crippen LogP contribution in [0.1, 0.15) is 70.5 Å². The standard InChI is InChI=1S/C40H45ClN4O5S/c1-44-34-12-6-5-11-28(34)23-36(44)40(47)43-51(48)21-9-3-4-13-37(49-2)33-18-15-31(33)26-45-25-30-14-17-32(41)22-27(30)10-7-8-20-50-38-19-16-29(24-35(38)45)39(46)42-51/h4-6,11-14,16-17,19,22-24,31,33,37H,3,7-10,15,18,20-21,25-26H2,1-2H3,(H,42,43,46,47,48)/b13-4+/t31-,33+,37-,51?/m0/s1. The van der Waals surface area contributed by atoms with Crippen molar-refractivity contribution in [2.24, 2.45) is 23.2 Å². The fraction of sp³-hybridized carbons (Fsp3) is 0.400. The van der Waals surface area contributed by atoms with Gasteiger partial charge >= 0.3 is 0 Å². The van der Waals surface area contributed by atoms with Gasteiger partial charge in [-0.05, 0) is 110 Å². The van der Waals surface area contributed by atoms with E-state index in [-0.39, 0.29) is 17.4 Å². The van der Waals surface area contributed by atoms with Crippen molar-refractivity contribution in [1.29, 1.82) is 0 Å². The number of nitrogens with zero attached hydrogens (tertiary/aromatic N) is 3. The van der Waals surface area contributed by atoms with Crippen LogP contribution in [0.2, 0.25) is 5.02 Å². The van der Waals surface area contributed by atoms with Crippen LogP contribution < -0.4 is 14.4 Å². The number of amides is 2. The predicted molar refractivity (Wildman–Crippen MR) is 203 cm³/mol. The van der Waals surface area contributed by atoms with Gasteiger partial charge in [0.25, 0.3) is 11.8 Å².